The minimum Gasteiger partial charge on any atom is -0.303 e. The van der Waals surface area contributed by atoms with Gasteiger partial charge < -0.3 is 4.90 Å². The number of hydrogen-bond acceptors (Lipinski definition) is 3. The fourth-order valence-electron chi connectivity index (χ4n) is 2.62. The highest BCUT2D eigenvalue weighted by molar-refractivity contribution is 7.88. The van der Waals surface area contributed by atoms with Crippen LogP contribution < -0.4 is 4.72 Å². The van der Waals surface area contributed by atoms with Crippen LogP contribution in [0.2, 0.25) is 5.02 Å². The van der Waals surface area contributed by atoms with Gasteiger partial charge in [-0.25, -0.2) is 17.5 Å². The van der Waals surface area contributed by atoms with Crippen molar-refractivity contribution in [3.05, 3.63) is 34.6 Å². The summed E-state index contributed by atoms with van der Waals surface area (Å²) in [5.41, 5.74) is 0.551. The highest BCUT2D eigenvalue weighted by Crippen LogP contribution is 2.20. The molecule has 0 amide bonds. The average molecular weight is 335 g/mol. The Kier molecular flexibility index (Phi) is 5.60. The fourth-order valence-corrected chi connectivity index (χ4v) is 3.72. The highest BCUT2D eigenvalue weighted by Gasteiger charge is 2.21. The molecule has 0 bridgehead atoms. The Morgan fingerprint density at radius 1 is 1.38 bits per heavy atom. The quantitative estimate of drug-likeness (QED) is 0.896. The third kappa shape index (κ3) is 5.21. The molecule has 7 heteroatoms. The molecule has 4 nitrogen and oxygen atoms in total. The summed E-state index contributed by atoms with van der Waals surface area (Å²) >= 11 is 6.01. The van der Waals surface area contributed by atoms with Gasteiger partial charge in [-0.1, -0.05) is 17.7 Å². The normalized spacial score (nSPS) is 18.0. The summed E-state index contributed by atoms with van der Waals surface area (Å²) in [6, 6.07) is 4.73. The number of hydrogen-bond donors (Lipinski definition) is 1. The number of sulfonamides is 1. The van der Waals surface area contributed by atoms with Crippen LogP contribution in [0.1, 0.15) is 18.4 Å². The van der Waals surface area contributed by atoms with E-state index < -0.39 is 10.0 Å². The van der Waals surface area contributed by atoms with Crippen molar-refractivity contribution >= 4 is 21.6 Å². The Morgan fingerprint density at radius 3 is 2.62 bits per heavy atom. The van der Waals surface area contributed by atoms with E-state index in [9.17, 15) is 12.8 Å². The summed E-state index contributed by atoms with van der Waals surface area (Å²) in [6.45, 7) is 2.34. The minimum absolute atomic E-state index is 0.00768. The summed E-state index contributed by atoms with van der Waals surface area (Å²) in [5.74, 6) is -0.267. The standard InChI is InChI=1S/C14H20ClFN2O2S/c1-21(19,20)17-11-5-8-18(9-6-11)10-7-12-13(15)3-2-4-14(12)16/h2-4,11,17H,5-10H2,1H3. The van der Waals surface area contributed by atoms with Crippen molar-refractivity contribution in [2.75, 3.05) is 25.9 Å². The number of nitrogens with one attached hydrogen (secondary N) is 1. The number of benzene rings is 1. The van der Waals surface area contributed by atoms with Crippen molar-refractivity contribution in [1.82, 2.24) is 9.62 Å². The van der Waals surface area contributed by atoms with Gasteiger partial charge in [-0.15, -0.1) is 0 Å². The fraction of sp³-hybridized carbons (Fsp3) is 0.571. The Morgan fingerprint density at radius 2 is 2.05 bits per heavy atom. The summed E-state index contributed by atoms with van der Waals surface area (Å²) in [4.78, 5) is 2.21. The molecule has 1 fully saturated rings. The summed E-state index contributed by atoms with van der Waals surface area (Å²) < 4.78 is 38.7. The van der Waals surface area contributed by atoms with Crippen LogP contribution in [0, 0.1) is 5.82 Å². The van der Waals surface area contributed by atoms with Crippen LogP contribution >= 0.6 is 11.6 Å². The molecule has 0 saturated carbocycles. The van der Waals surface area contributed by atoms with Gasteiger partial charge >= 0.3 is 0 Å². The van der Waals surface area contributed by atoms with Gasteiger partial charge in [0.05, 0.1) is 6.26 Å². The maximum Gasteiger partial charge on any atom is 0.208 e. The lowest BCUT2D eigenvalue weighted by atomic mass is 10.0. The number of rotatable bonds is 5. The zero-order chi connectivity index (χ0) is 15.5. The third-order valence-electron chi connectivity index (χ3n) is 3.71. The molecule has 0 aliphatic carbocycles. The molecule has 118 valence electrons. The molecule has 0 radical (unpaired) electrons. The average Bonchev–Trinajstić information content (AvgIpc) is 2.38. The van der Waals surface area contributed by atoms with E-state index in [0.29, 0.717) is 17.0 Å². The lowest BCUT2D eigenvalue weighted by Crippen LogP contribution is -2.44. The largest absolute Gasteiger partial charge is 0.303 e. The monoisotopic (exact) mass is 334 g/mol. The molecule has 1 aromatic carbocycles. The van der Waals surface area contributed by atoms with Gasteiger partial charge in [0.2, 0.25) is 10.0 Å². The van der Waals surface area contributed by atoms with E-state index in [4.69, 9.17) is 11.6 Å². The van der Waals surface area contributed by atoms with Crippen LogP contribution in [0.3, 0.4) is 0 Å². The molecule has 0 spiro atoms. The van der Waals surface area contributed by atoms with E-state index in [1.807, 2.05) is 0 Å². The molecule has 1 heterocycles. The number of halogens is 2. The van der Waals surface area contributed by atoms with E-state index in [-0.39, 0.29) is 11.9 Å². The molecule has 21 heavy (non-hydrogen) atoms. The Balaban J connectivity index is 1.82. The molecule has 1 N–H and O–H groups in total. The smallest absolute Gasteiger partial charge is 0.208 e. The number of likely N-dealkylation sites (tertiary alicyclic amines) is 1. The van der Waals surface area contributed by atoms with E-state index in [0.717, 1.165) is 32.5 Å². The van der Waals surface area contributed by atoms with Crippen molar-refractivity contribution in [3.8, 4) is 0 Å². The Hall–Kier alpha value is -0.690. The van der Waals surface area contributed by atoms with Crippen molar-refractivity contribution in [2.45, 2.75) is 25.3 Å². The van der Waals surface area contributed by atoms with Gasteiger partial charge in [0.25, 0.3) is 0 Å². The molecule has 0 aromatic heterocycles. The predicted octanol–water partition coefficient (Wildman–Crippen LogP) is 2.04. The predicted molar refractivity (Wildman–Crippen MR) is 82.6 cm³/mol. The van der Waals surface area contributed by atoms with E-state index in [1.165, 1.54) is 12.3 Å². The molecular formula is C14H20ClFN2O2S. The van der Waals surface area contributed by atoms with Gasteiger partial charge in [0, 0.05) is 23.2 Å². The van der Waals surface area contributed by atoms with Gasteiger partial charge in [-0.3, -0.25) is 0 Å². The summed E-state index contributed by atoms with van der Waals surface area (Å²) in [7, 11) is -3.14. The van der Waals surface area contributed by atoms with Crippen molar-refractivity contribution in [1.29, 1.82) is 0 Å². The van der Waals surface area contributed by atoms with E-state index in [1.54, 1.807) is 12.1 Å². The van der Waals surface area contributed by atoms with Crippen molar-refractivity contribution < 1.29 is 12.8 Å². The summed E-state index contributed by atoms with van der Waals surface area (Å²) in [5, 5.41) is 0.462. The van der Waals surface area contributed by atoms with Crippen LogP contribution in [0.25, 0.3) is 0 Å². The second-order valence-corrected chi connectivity index (χ2v) is 7.64. The topological polar surface area (TPSA) is 49.4 Å². The van der Waals surface area contributed by atoms with Gasteiger partial charge in [0.15, 0.2) is 0 Å². The zero-order valence-corrected chi connectivity index (χ0v) is 13.6. The third-order valence-corrected chi connectivity index (χ3v) is 4.82. The first kappa shape index (κ1) is 16.7. The summed E-state index contributed by atoms with van der Waals surface area (Å²) in [6.07, 6.45) is 3.30. The molecule has 1 aliphatic heterocycles. The highest BCUT2D eigenvalue weighted by atomic mass is 35.5. The van der Waals surface area contributed by atoms with Crippen molar-refractivity contribution in [3.63, 3.8) is 0 Å². The molecule has 1 aliphatic rings. The first-order chi connectivity index (χ1) is 9.85. The second kappa shape index (κ2) is 7.05. The first-order valence-corrected chi connectivity index (χ1v) is 9.24. The van der Waals surface area contributed by atoms with Gasteiger partial charge in [0.1, 0.15) is 5.82 Å². The maximum atomic E-state index is 13.7. The van der Waals surface area contributed by atoms with E-state index in [2.05, 4.69) is 9.62 Å². The molecule has 0 atom stereocenters. The SMILES string of the molecule is CS(=O)(=O)NC1CCN(CCc2c(F)cccc2Cl)CC1. The Bertz CT molecular complexity index is 566. The molecule has 2 rings (SSSR count). The second-order valence-electron chi connectivity index (χ2n) is 5.46. The lowest BCUT2D eigenvalue weighted by molar-refractivity contribution is 0.209. The van der Waals surface area contributed by atoms with Crippen LogP contribution in [-0.4, -0.2) is 45.2 Å². The molecule has 0 unspecified atom stereocenters. The number of nitrogens with zero attached hydrogens (tertiary/aromatic N) is 1. The van der Waals surface area contributed by atoms with Crippen LogP contribution in [0.15, 0.2) is 18.2 Å². The van der Waals surface area contributed by atoms with Gasteiger partial charge in [-0.05, 0) is 44.5 Å². The Labute approximate surface area is 130 Å². The zero-order valence-electron chi connectivity index (χ0n) is 12.0. The lowest BCUT2D eigenvalue weighted by Gasteiger charge is -2.32. The molecular weight excluding hydrogens is 315 g/mol. The maximum absolute atomic E-state index is 13.7. The molecule has 1 saturated heterocycles. The van der Waals surface area contributed by atoms with E-state index >= 15 is 0 Å². The number of piperidine rings is 1. The molecule has 1 aromatic rings. The van der Waals surface area contributed by atoms with Crippen LogP contribution in [0.5, 0.6) is 0 Å². The van der Waals surface area contributed by atoms with Crippen molar-refractivity contribution in [2.24, 2.45) is 0 Å². The van der Waals surface area contributed by atoms with Gasteiger partial charge in [-0.2, -0.15) is 0 Å². The first-order valence-electron chi connectivity index (χ1n) is 6.98. The minimum atomic E-state index is -3.14. The van der Waals surface area contributed by atoms with Crippen LogP contribution in [0.4, 0.5) is 4.39 Å². The van der Waals surface area contributed by atoms with Crippen LogP contribution in [-0.2, 0) is 16.4 Å².